The van der Waals surface area contributed by atoms with Crippen LogP contribution in [0.4, 0.5) is 0 Å². The van der Waals surface area contributed by atoms with Crippen molar-refractivity contribution in [2.24, 2.45) is 0 Å². The van der Waals surface area contributed by atoms with Gasteiger partial charge in [0.15, 0.2) is 0 Å². The molecule has 2 rings (SSSR count). The van der Waals surface area contributed by atoms with Crippen LogP contribution in [-0.4, -0.2) is 25.3 Å². The maximum absolute atomic E-state index is 13.0. The van der Waals surface area contributed by atoms with Crippen LogP contribution in [0.5, 0.6) is 0 Å². The largest absolute Gasteiger partial charge is 0.243 e. The van der Waals surface area contributed by atoms with E-state index in [4.69, 9.17) is 23.2 Å². The molecule has 0 aliphatic carbocycles. The molecule has 0 amide bonds. The van der Waals surface area contributed by atoms with Gasteiger partial charge < -0.3 is 0 Å². The molecule has 21 heavy (non-hydrogen) atoms. The predicted octanol–water partition coefficient (Wildman–Crippen LogP) is 4.34. The highest BCUT2D eigenvalue weighted by molar-refractivity contribution is 7.89. The van der Waals surface area contributed by atoms with Crippen molar-refractivity contribution in [2.45, 2.75) is 56.3 Å². The Labute approximate surface area is 137 Å². The van der Waals surface area contributed by atoms with Gasteiger partial charge in [-0.1, -0.05) is 24.4 Å². The molecule has 1 atom stereocenters. The molecule has 1 aromatic rings. The molecule has 0 spiro atoms. The normalized spacial score (nSPS) is 21.2. The summed E-state index contributed by atoms with van der Waals surface area (Å²) in [6, 6.07) is 3.30. The van der Waals surface area contributed by atoms with Crippen LogP contribution in [0.1, 0.15) is 43.7 Å². The zero-order chi connectivity index (χ0) is 15.6. The van der Waals surface area contributed by atoms with E-state index in [0.717, 1.165) is 31.2 Å². The monoisotopic (exact) mass is 349 g/mol. The van der Waals surface area contributed by atoms with Gasteiger partial charge in [0.25, 0.3) is 0 Å². The fraction of sp³-hybridized carbons (Fsp3) is 0.600. The van der Waals surface area contributed by atoms with E-state index in [9.17, 15) is 8.42 Å². The van der Waals surface area contributed by atoms with E-state index in [0.29, 0.717) is 22.0 Å². The van der Waals surface area contributed by atoms with Crippen molar-refractivity contribution in [3.63, 3.8) is 0 Å². The molecule has 6 heteroatoms. The molecule has 1 saturated heterocycles. The van der Waals surface area contributed by atoms with E-state index >= 15 is 0 Å². The van der Waals surface area contributed by atoms with Crippen molar-refractivity contribution < 1.29 is 8.42 Å². The van der Waals surface area contributed by atoms with Gasteiger partial charge in [0, 0.05) is 23.5 Å². The van der Waals surface area contributed by atoms with Crippen molar-refractivity contribution >= 4 is 33.2 Å². The fourth-order valence-electron chi connectivity index (χ4n) is 2.85. The second kappa shape index (κ2) is 6.86. The van der Waals surface area contributed by atoms with Gasteiger partial charge in [-0.2, -0.15) is 4.31 Å². The minimum atomic E-state index is -3.53. The molecule has 1 heterocycles. The van der Waals surface area contributed by atoms with Gasteiger partial charge in [-0.15, -0.1) is 11.6 Å². The third kappa shape index (κ3) is 3.55. The molecule has 1 aliphatic heterocycles. The predicted molar refractivity (Wildman–Crippen MR) is 87.6 cm³/mol. The summed E-state index contributed by atoms with van der Waals surface area (Å²) in [5.74, 6) is 0.254. The van der Waals surface area contributed by atoms with E-state index in [1.165, 1.54) is 0 Å². The molecular weight excluding hydrogens is 329 g/mol. The first kappa shape index (κ1) is 17.1. The van der Waals surface area contributed by atoms with Gasteiger partial charge in [-0.25, -0.2) is 8.42 Å². The number of hydrogen-bond acceptors (Lipinski definition) is 2. The van der Waals surface area contributed by atoms with Gasteiger partial charge in [-0.05, 0) is 49.9 Å². The Morgan fingerprint density at radius 2 is 2.00 bits per heavy atom. The van der Waals surface area contributed by atoms with Crippen molar-refractivity contribution in [1.29, 1.82) is 0 Å². The number of alkyl halides is 1. The number of nitrogens with zero attached hydrogens (tertiary/aromatic N) is 1. The molecule has 1 unspecified atom stereocenters. The number of benzene rings is 1. The van der Waals surface area contributed by atoms with Gasteiger partial charge in [0.05, 0.1) is 4.90 Å². The molecule has 1 aromatic carbocycles. The van der Waals surface area contributed by atoms with Crippen LogP contribution in [0.3, 0.4) is 0 Å². The first-order valence-electron chi connectivity index (χ1n) is 7.24. The molecule has 0 radical (unpaired) electrons. The lowest BCUT2D eigenvalue weighted by atomic mass is 10.1. The van der Waals surface area contributed by atoms with Crippen LogP contribution >= 0.6 is 23.2 Å². The number of rotatable bonds is 3. The van der Waals surface area contributed by atoms with E-state index in [1.54, 1.807) is 23.4 Å². The van der Waals surface area contributed by atoms with Crippen LogP contribution in [0, 0.1) is 6.92 Å². The molecule has 3 nitrogen and oxygen atoms in total. The SMILES string of the molecule is Cc1c(CCl)cc(Cl)cc1S(=O)(=O)N1CCCCCC1C. The Kier molecular flexibility index (Phi) is 5.58. The first-order valence-corrected chi connectivity index (χ1v) is 9.60. The average Bonchev–Trinajstić information content (AvgIpc) is 2.65. The van der Waals surface area contributed by atoms with Crippen LogP contribution < -0.4 is 0 Å². The number of sulfonamides is 1. The average molecular weight is 350 g/mol. The summed E-state index contributed by atoms with van der Waals surface area (Å²) in [6.45, 7) is 4.35. The van der Waals surface area contributed by atoms with E-state index in [1.807, 2.05) is 6.92 Å². The molecule has 0 bridgehead atoms. The summed E-state index contributed by atoms with van der Waals surface area (Å²) in [6.07, 6.45) is 3.97. The zero-order valence-corrected chi connectivity index (χ0v) is 14.7. The molecule has 0 aromatic heterocycles. The van der Waals surface area contributed by atoms with Crippen molar-refractivity contribution in [1.82, 2.24) is 4.31 Å². The van der Waals surface area contributed by atoms with Crippen LogP contribution in [0.25, 0.3) is 0 Å². The minimum Gasteiger partial charge on any atom is -0.207 e. The summed E-state index contributed by atoms with van der Waals surface area (Å²) in [7, 11) is -3.53. The highest BCUT2D eigenvalue weighted by Crippen LogP contribution is 2.30. The van der Waals surface area contributed by atoms with E-state index in [-0.39, 0.29) is 11.9 Å². The molecule has 118 valence electrons. The molecule has 0 N–H and O–H groups in total. The Hall–Kier alpha value is -0.290. The third-order valence-corrected chi connectivity index (χ3v) is 6.80. The van der Waals surface area contributed by atoms with Gasteiger partial charge in [0.2, 0.25) is 10.0 Å². The summed E-state index contributed by atoms with van der Waals surface area (Å²) >= 11 is 12.0. The summed E-state index contributed by atoms with van der Waals surface area (Å²) in [5, 5.41) is 0.414. The van der Waals surface area contributed by atoms with Gasteiger partial charge in [-0.3, -0.25) is 0 Å². The lowest BCUT2D eigenvalue weighted by molar-refractivity contribution is 0.342. The van der Waals surface area contributed by atoms with E-state index in [2.05, 4.69) is 0 Å². The topological polar surface area (TPSA) is 37.4 Å². The third-order valence-electron chi connectivity index (χ3n) is 4.15. The van der Waals surface area contributed by atoms with E-state index < -0.39 is 10.0 Å². The Morgan fingerprint density at radius 3 is 2.67 bits per heavy atom. The van der Waals surface area contributed by atoms with Gasteiger partial charge >= 0.3 is 0 Å². The van der Waals surface area contributed by atoms with Gasteiger partial charge in [0.1, 0.15) is 0 Å². The second-order valence-corrected chi connectivity index (χ2v) is 8.20. The van der Waals surface area contributed by atoms with Crippen molar-refractivity contribution in [3.05, 3.63) is 28.3 Å². The maximum atomic E-state index is 13.0. The highest BCUT2D eigenvalue weighted by atomic mass is 35.5. The Morgan fingerprint density at radius 1 is 1.29 bits per heavy atom. The molecular formula is C15H21Cl2NO2S. The quantitative estimate of drug-likeness (QED) is 0.761. The number of hydrogen-bond donors (Lipinski definition) is 0. The number of halogens is 2. The zero-order valence-electron chi connectivity index (χ0n) is 12.4. The first-order chi connectivity index (χ1) is 9.87. The standard InChI is InChI=1S/C15H21Cl2NO2S/c1-11-6-4-3-5-7-18(11)21(19,20)15-9-14(17)8-13(10-16)12(15)2/h8-9,11H,3-7,10H2,1-2H3. The smallest absolute Gasteiger partial charge is 0.207 e. The minimum absolute atomic E-state index is 0.0235. The second-order valence-electron chi connectivity index (χ2n) is 5.64. The molecule has 1 fully saturated rings. The fourth-order valence-corrected chi connectivity index (χ4v) is 5.43. The van der Waals surface area contributed by atoms with Crippen molar-refractivity contribution in [3.8, 4) is 0 Å². The molecule has 0 saturated carbocycles. The Bertz CT molecular complexity index is 616. The lowest BCUT2D eigenvalue weighted by Crippen LogP contribution is -2.38. The summed E-state index contributed by atoms with van der Waals surface area (Å²) in [5.41, 5.74) is 1.47. The van der Waals surface area contributed by atoms with Crippen LogP contribution in [0.15, 0.2) is 17.0 Å². The Balaban J connectivity index is 2.50. The summed E-state index contributed by atoms with van der Waals surface area (Å²) < 4.78 is 27.7. The highest BCUT2D eigenvalue weighted by Gasteiger charge is 2.31. The lowest BCUT2D eigenvalue weighted by Gasteiger charge is -2.27. The van der Waals surface area contributed by atoms with Crippen LogP contribution in [-0.2, 0) is 15.9 Å². The molecule has 1 aliphatic rings. The van der Waals surface area contributed by atoms with Crippen LogP contribution in [0.2, 0.25) is 5.02 Å². The maximum Gasteiger partial charge on any atom is 0.243 e. The summed E-state index contributed by atoms with van der Waals surface area (Å²) in [4.78, 5) is 0.291. The van der Waals surface area contributed by atoms with Crippen molar-refractivity contribution in [2.75, 3.05) is 6.54 Å².